The van der Waals surface area contributed by atoms with Crippen molar-refractivity contribution in [3.05, 3.63) is 139 Å². The molecule has 6 aromatic carbocycles. The van der Waals surface area contributed by atoms with Crippen LogP contribution >= 0.6 is 17.0 Å². The molecule has 4 heteroatoms. The third kappa shape index (κ3) is 7.38. The monoisotopic (exact) mass is 690 g/mol. The molecule has 1 heterocycles. The Kier molecular flexibility index (Phi) is 11.4. The second kappa shape index (κ2) is 15.4. The van der Waals surface area contributed by atoms with E-state index in [1.807, 2.05) is 6.07 Å². The van der Waals surface area contributed by atoms with Gasteiger partial charge in [-0.15, -0.1) is 40.1 Å². The van der Waals surface area contributed by atoms with E-state index >= 15 is 0 Å². The quantitative estimate of drug-likeness (QED) is 0.124. The number of hydrogen-bond donors (Lipinski definition) is 0. The molecule has 0 atom stereocenters. The SMILES string of the molecule is CCCc1ccc2[cH-]c(-c3ccccc3)cc2c1-c1ccccc1C(C)C.[Cl][Zr+2][Cl].[c-]1cccc2c1[Si]c1ccccc1-2. The van der Waals surface area contributed by atoms with Gasteiger partial charge in [-0.2, -0.15) is 29.5 Å². The minimum Gasteiger partial charge on any atom is -0.184 e. The van der Waals surface area contributed by atoms with Gasteiger partial charge in [-0.1, -0.05) is 134 Å². The van der Waals surface area contributed by atoms with E-state index < -0.39 is 20.8 Å². The first-order chi connectivity index (χ1) is 21.0. The summed E-state index contributed by atoms with van der Waals surface area (Å²) in [4.78, 5) is 0. The summed E-state index contributed by atoms with van der Waals surface area (Å²) in [7, 11) is 10.7. The van der Waals surface area contributed by atoms with E-state index in [9.17, 15) is 0 Å². The van der Waals surface area contributed by atoms with Gasteiger partial charge >= 0.3 is 37.9 Å². The molecule has 0 nitrogen and oxygen atoms in total. The van der Waals surface area contributed by atoms with Crippen molar-refractivity contribution >= 4 is 47.7 Å². The molecule has 0 saturated heterocycles. The van der Waals surface area contributed by atoms with Crippen LogP contribution in [0.5, 0.6) is 0 Å². The van der Waals surface area contributed by atoms with Gasteiger partial charge in [-0.05, 0) is 29.0 Å². The molecule has 0 unspecified atom stereocenters. The molecular weight excluding hydrogens is 659 g/mol. The van der Waals surface area contributed by atoms with Gasteiger partial charge in [0.05, 0.1) is 9.52 Å². The van der Waals surface area contributed by atoms with Crippen molar-refractivity contribution in [1.82, 2.24) is 0 Å². The van der Waals surface area contributed by atoms with Crippen LogP contribution in [0.15, 0.2) is 121 Å². The average molecular weight is 693 g/mol. The zero-order valence-corrected chi connectivity index (χ0v) is 29.8. The average Bonchev–Trinajstić information content (AvgIpc) is 3.64. The summed E-state index contributed by atoms with van der Waals surface area (Å²) in [5.41, 5.74) is 11.1. The maximum Gasteiger partial charge on any atom is 0.0920 e. The van der Waals surface area contributed by atoms with Gasteiger partial charge in [-0.3, -0.25) is 0 Å². The van der Waals surface area contributed by atoms with Crippen molar-refractivity contribution in [2.45, 2.75) is 39.5 Å². The molecule has 6 aromatic rings. The molecule has 43 heavy (non-hydrogen) atoms. The van der Waals surface area contributed by atoms with Crippen LogP contribution in [0.1, 0.15) is 44.2 Å². The van der Waals surface area contributed by atoms with E-state index in [1.165, 1.54) is 65.7 Å². The maximum atomic E-state index is 4.93. The largest absolute Gasteiger partial charge is 0.184 e. The summed E-state index contributed by atoms with van der Waals surface area (Å²) in [5.74, 6) is 0.509. The second-order valence-electron chi connectivity index (χ2n) is 10.9. The smallest absolute Gasteiger partial charge is 0.0920 e. The molecule has 0 spiro atoms. The first-order valence-electron chi connectivity index (χ1n) is 14.8. The number of halogens is 2. The van der Waals surface area contributed by atoms with Crippen LogP contribution in [-0.2, 0) is 27.3 Å². The first kappa shape index (κ1) is 31.8. The van der Waals surface area contributed by atoms with Crippen LogP contribution in [0, 0.1) is 6.07 Å². The molecule has 0 N–H and O–H groups in total. The van der Waals surface area contributed by atoms with Gasteiger partial charge in [-0.25, -0.2) is 0 Å². The normalized spacial score (nSPS) is 11.1. The van der Waals surface area contributed by atoms with Crippen molar-refractivity contribution in [1.29, 1.82) is 0 Å². The van der Waals surface area contributed by atoms with Gasteiger partial charge < -0.3 is 0 Å². The molecule has 0 saturated carbocycles. The fraction of sp³-hybridized carbons (Fsp3) is 0.154. The van der Waals surface area contributed by atoms with Gasteiger partial charge in [0.15, 0.2) is 0 Å². The molecule has 0 bridgehead atoms. The molecule has 212 valence electrons. The van der Waals surface area contributed by atoms with Crippen LogP contribution in [0.2, 0.25) is 0 Å². The van der Waals surface area contributed by atoms with E-state index in [1.54, 1.807) is 0 Å². The minimum atomic E-state index is -0.826. The first-order valence-corrected chi connectivity index (χ1v) is 22.1. The second-order valence-corrected chi connectivity index (χ2v) is 15.9. The fourth-order valence-corrected chi connectivity index (χ4v) is 7.18. The topological polar surface area (TPSA) is 0 Å². The summed E-state index contributed by atoms with van der Waals surface area (Å²) in [6, 6.07) is 47.2. The molecular formula is C39H34Cl2SiZr. The Balaban J connectivity index is 0.000000190. The molecule has 1 aliphatic rings. The Morgan fingerprint density at radius 1 is 0.791 bits per heavy atom. The van der Waals surface area contributed by atoms with Crippen molar-refractivity contribution in [2.24, 2.45) is 0 Å². The summed E-state index contributed by atoms with van der Waals surface area (Å²) >= 11 is -0.826. The van der Waals surface area contributed by atoms with Gasteiger partial charge in [0.25, 0.3) is 0 Å². The Morgan fingerprint density at radius 2 is 1.47 bits per heavy atom. The molecule has 2 radical (unpaired) electrons. The number of aryl methyl sites for hydroxylation is 1. The van der Waals surface area contributed by atoms with E-state index in [0.717, 1.165) is 22.4 Å². The number of rotatable bonds is 5. The zero-order chi connectivity index (χ0) is 30.2. The van der Waals surface area contributed by atoms with Crippen LogP contribution in [-0.4, -0.2) is 9.52 Å². The van der Waals surface area contributed by atoms with E-state index in [4.69, 9.17) is 17.0 Å². The molecule has 0 aromatic heterocycles. The van der Waals surface area contributed by atoms with Crippen molar-refractivity contribution in [2.75, 3.05) is 0 Å². The van der Waals surface area contributed by atoms with Gasteiger partial charge in [0, 0.05) is 0 Å². The summed E-state index contributed by atoms with van der Waals surface area (Å²) in [6.45, 7) is 6.85. The van der Waals surface area contributed by atoms with Gasteiger partial charge in [0.2, 0.25) is 0 Å². The number of fused-ring (bicyclic) bond motifs is 4. The minimum absolute atomic E-state index is 0.509. The van der Waals surface area contributed by atoms with Gasteiger partial charge in [0.1, 0.15) is 0 Å². The Hall–Kier alpha value is -2.61. The maximum absolute atomic E-state index is 4.93. The fourth-order valence-electron chi connectivity index (χ4n) is 5.87. The van der Waals surface area contributed by atoms with Crippen LogP contribution in [0.3, 0.4) is 0 Å². The zero-order valence-electron chi connectivity index (χ0n) is 24.8. The van der Waals surface area contributed by atoms with Crippen molar-refractivity contribution in [3.63, 3.8) is 0 Å². The van der Waals surface area contributed by atoms with Crippen LogP contribution in [0.4, 0.5) is 0 Å². The Labute approximate surface area is 278 Å². The third-order valence-electron chi connectivity index (χ3n) is 7.79. The summed E-state index contributed by atoms with van der Waals surface area (Å²) in [5, 5.41) is 5.54. The Morgan fingerprint density at radius 3 is 2.21 bits per heavy atom. The molecule has 1 aliphatic heterocycles. The summed E-state index contributed by atoms with van der Waals surface area (Å²) < 4.78 is 0. The third-order valence-corrected chi connectivity index (χ3v) is 9.16. The van der Waals surface area contributed by atoms with Crippen molar-refractivity contribution < 1.29 is 20.8 Å². The van der Waals surface area contributed by atoms with Crippen LogP contribution in [0.25, 0.3) is 44.2 Å². The van der Waals surface area contributed by atoms with E-state index in [0.29, 0.717) is 5.92 Å². The molecule has 0 fully saturated rings. The van der Waals surface area contributed by atoms with Crippen LogP contribution < -0.4 is 10.4 Å². The molecule has 7 rings (SSSR count). The predicted octanol–water partition coefficient (Wildman–Crippen LogP) is 10.5. The number of hydrogen-bond acceptors (Lipinski definition) is 0. The Bertz CT molecular complexity index is 1750. The van der Waals surface area contributed by atoms with Crippen molar-refractivity contribution in [3.8, 4) is 33.4 Å². The predicted molar refractivity (Wildman–Crippen MR) is 186 cm³/mol. The summed E-state index contributed by atoms with van der Waals surface area (Å²) in [6.07, 6.45) is 2.28. The molecule has 0 amide bonds. The van der Waals surface area contributed by atoms with E-state index in [2.05, 4.69) is 142 Å². The standard InChI is InChI=1S/C27H27.C12H7Si.2ClH.Zr/c1-4-10-21-15-16-22-17-23(20-11-6-5-7-12-20)18-26(22)27(21)25-14-9-8-13-24(25)19(2)3;1-3-7-11-9(5-1)10-6-2-4-8-12(10)13-11;;;/h5-9,11-19H,4,10H2,1-3H3;1-7H;2*1H;/q2*-1;;;+4/p-2. The van der Waals surface area contributed by atoms with E-state index in [-0.39, 0.29) is 0 Å². The number of benzene rings is 5. The molecule has 0 aliphatic carbocycles.